The first-order valence-corrected chi connectivity index (χ1v) is 4.96. The molecule has 1 saturated heterocycles. The Morgan fingerprint density at radius 1 is 1.67 bits per heavy atom. The van der Waals surface area contributed by atoms with Crippen molar-refractivity contribution in [2.45, 2.75) is 12.5 Å². The summed E-state index contributed by atoms with van der Waals surface area (Å²) in [5.41, 5.74) is 3.21. The van der Waals surface area contributed by atoms with Gasteiger partial charge < -0.3 is 4.74 Å². The first kappa shape index (κ1) is 10.5. The summed E-state index contributed by atoms with van der Waals surface area (Å²) in [6, 6.07) is 1.45. The van der Waals surface area contributed by atoms with E-state index in [-0.39, 0.29) is 17.8 Å². The van der Waals surface area contributed by atoms with E-state index in [0.29, 0.717) is 12.2 Å². The summed E-state index contributed by atoms with van der Waals surface area (Å²) >= 11 is 0. The van der Waals surface area contributed by atoms with Gasteiger partial charge in [0, 0.05) is 24.3 Å². The molecule has 0 radical (unpaired) electrons. The summed E-state index contributed by atoms with van der Waals surface area (Å²) in [5.74, 6) is 5.36. The SMILES string of the molecule is NNC(c1ccncc1F)C1CCOC1. The van der Waals surface area contributed by atoms with Crippen LogP contribution in [0.2, 0.25) is 0 Å². The number of rotatable bonds is 3. The summed E-state index contributed by atoms with van der Waals surface area (Å²) in [5, 5.41) is 0. The molecule has 1 aliphatic rings. The standard InChI is InChI=1S/C10H14FN3O/c11-9-5-13-3-1-8(9)10(14-12)7-2-4-15-6-7/h1,3,5,7,10,14H,2,4,6,12H2. The maximum Gasteiger partial charge on any atom is 0.146 e. The lowest BCUT2D eigenvalue weighted by atomic mass is 9.93. The number of nitrogens with zero attached hydrogens (tertiary/aromatic N) is 1. The van der Waals surface area contributed by atoms with Crippen LogP contribution < -0.4 is 11.3 Å². The van der Waals surface area contributed by atoms with E-state index in [1.807, 2.05) is 0 Å². The summed E-state index contributed by atoms with van der Waals surface area (Å²) in [4.78, 5) is 3.71. The van der Waals surface area contributed by atoms with E-state index in [9.17, 15) is 4.39 Å². The quantitative estimate of drug-likeness (QED) is 0.572. The molecule has 1 aromatic heterocycles. The van der Waals surface area contributed by atoms with Gasteiger partial charge in [0.05, 0.1) is 18.8 Å². The van der Waals surface area contributed by atoms with Crippen molar-refractivity contribution in [1.82, 2.24) is 10.4 Å². The fourth-order valence-corrected chi connectivity index (χ4v) is 1.93. The minimum absolute atomic E-state index is 0.199. The molecule has 0 aliphatic carbocycles. The van der Waals surface area contributed by atoms with Gasteiger partial charge in [-0.25, -0.2) is 4.39 Å². The number of nitrogens with two attached hydrogens (primary N) is 1. The zero-order valence-electron chi connectivity index (χ0n) is 8.32. The number of pyridine rings is 1. The van der Waals surface area contributed by atoms with Gasteiger partial charge in [0.2, 0.25) is 0 Å². The molecule has 0 bridgehead atoms. The van der Waals surface area contributed by atoms with Crippen molar-refractivity contribution in [3.63, 3.8) is 0 Å². The van der Waals surface area contributed by atoms with Gasteiger partial charge in [-0.2, -0.15) is 0 Å². The summed E-state index contributed by atoms with van der Waals surface area (Å²) < 4.78 is 18.7. The molecular formula is C10H14FN3O. The molecule has 4 nitrogen and oxygen atoms in total. The highest BCUT2D eigenvalue weighted by Crippen LogP contribution is 2.29. The van der Waals surface area contributed by atoms with Crippen molar-refractivity contribution < 1.29 is 9.13 Å². The van der Waals surface area contributed by atoms with E-state index in [1.165, 1.54) is 6.20 Å². The van der Waals surface area contributed by atoms with Gasteiger partial charge in [-0.3, -0.25) is 16.3 Å². The Morgan fingerprint density at radius 2 is 2.53 bits per heavy atom. The highest BCUT2D eigenvalue weighted by molar-refractivity contribution is 5.18. The predicted octanol–water partition coefficient (Wildman–Crippen LogP) is 0.762. The summed E-state index contributed by atoms with van der Waals surface area (Å²) in [6.45, 7) is 1.34. The Balaban J connectivity index is 2.22. The van der Waals surface area contributed by atoms with Crippen LogP contribution in [-0.4, -0.2) is 18.2 Å². The van der Waals surface area contributed by atoms with E-state index in [2.05, 4.69) is 10.4 Å². The Labute approximate surface area is 87.6 Å². The Hall–Kier alpha value is -1.04. The monoisotopic (exact) mass is 211 g/mol. The van der Waals surface area contributed by atoms with Gasteiger partial charge in [0.1, 0.15) is 5.82 Å². The van der Waals surface area contributed by atoms with Crippen LogP contribution in [-0.2, 0) is 4.74 Å². The van der Waals surface area contributed by atoms with Gasteiger partial charge in [-0.05, 0) is 12.5 Å². The molecule has 5 heteroatoms. The number of hydrogen-bond donors (Lipinski definition) is 2. The molecule has 2 heterocycles. The van der Waals surface area contributed by atoms with Gasteiger partial charge in [0.15, 0.2) is 0 Å². The number of aromatic nitrogens is 1. The lowest BCUT2D eigenvalue weighted by Crippen LogP contribution is -2.34. The second-order valence-corrected chi connectivity index (χ2v) is 3.67. The van der Waals surface area contributed by atoms with Crippen molar-refractivity contribution in [3.05, 3.63) is 29.8 Å². The van der Waals surface area contributed by atoms with Gasteiger partial charge >= 0.3 is 0 Å². The van der Waals surface area contributed by atoms with Gasteiger partial charge in [0.25, 0.3) is 0 Å². The molecule has 1 aliphatic heterocycles. The average Bonchev–Trinajstić information content (AvgIpc) is 2.75. The van der Waals surface area contributed by atoms with Gasteiger partial charge in [-0.1, -0.05) is 0 Å². The zero-order valence-corrected chi connectivity index (χ0v) is 8.32. The van der Waals surface area contributed by atoms with E-state index in [1.54, 1.807) is 12.3 Å². The topological polar surface area (TPSA) is 60.2 Å². The second-order valence-electron chi connectivity index (χ2n) is 3.67. The van der Waals surface area contributed by atoms with E-state index >= 15 is 0 Å². The fourth-order valence-electron chi connectivity index (χ4n) is 1.93. The van der Waals surface area contributed by atoms with Crippen LogP contribution in [0.4, 0.5) is 4.39 Å². The van der Waals surface area contributed by atoms with Crippen molar-refractivity contribution in [3.8, 4) is 0 Å². The third-order valence-electron chi connectivity index (χ3n) is 2.75. The largest absolute Gasteiger partial charge is 0.381 e. The minimum atomic E-state index is -0.327. The normalized spacial score (nSPS) is 22.9. The molecule has 15 heavy (non-hydrogen) atoms. The zero-order chi connectivity index (χ0) is 10.7. The molecule has 2 rings (SSSR count). The highest BCUT2D eigenvalue weighted by atomic mass is 19.1. The van der Waals surface area contributed by atoms with Crippen molar-refractivity contribution in [2.24, 2.45) is 11.8 Å². The summed E-state index contributed by atoms with van der Waals surface area (Å²) in [7, 11) is 0. The maximum absolute atomic E-state index is 13.5. The Bertz CT molecular complexity index is 328. The molecule has 0 spiro atoms. The smallest absolute Gasteiger partial charge is 0.146 e. The van der Waals surface area contributed by atoms with Crippen LogP contribution in [0, 0.1) is 11.7 Å². The lowest BCUT2D eigenvalue weighted by Gasteiger charge is -2.21. The van der Waals surface area contributed by atoms with Crippen LogP contribution in [0.3, 0.4) is 0 Å². The van der Waals surface area contributed by atoms with Crippen LogP contribution >= 0.6 is 0 Å². The molecule has 0 saturated carbocycles. The molecule has 3 N–H and O–H groups in total. The van der Waals surface area contributed by atoms with Crippen molar-refractivity contribution in [2.75, 3.05) is 13.2 Å². The van der Waals surface area contributed by atoms with E-state index in [0.717, 1.165) is 13.0 Å². The van der Waals surface area contributed by atoms with Crippen LogP contribution in [0.5, 0.6) is 0 Å². The van der Waals surface area contributed by atoms with Crippen LogP contribution in [0.1, 0.15) is 18.0 Å². The summed E-state index contributed by atoms with van der Waals surface area (Å²) in [6.07, 6.45) is 3.67. The Kier molecular flexibility index (Phi) is 3.25. The molecule has 82 valence electrons. The highest BCUT2D eigenvalue weighted by Gasteiger charge is 2.27. The first-order valence-electron chi connectivity index (χ1n) is 4.96. The third kappa shape index (κ3) is 2.14. The fraction of sp³-hybridized carbons (Fsp3) is 0.500. The number of ether oxygens (including phenoxy) is 1. The molecule has 1 fully saturated rings. The first-order chi connectivity index (χ1) is 7.33. The molecular weight excluding hydrogens is 197 g/mol. The van der Waals surface area contributed by atoms with Crippen molar-refractivity contribution >= 4 is 0 Å². The number of hydrazine groups is 1. The van der Waals surface area contributed by atoms with Crippen molar-refractivity contribution in [1.29, 1.82) is 0 Å². The molecule has 0 amide bonds. The number of hydrogen-bond acceptors (Lipinski definition) is 4. The van der Waals surface area contributed by atoms with Crippen LogP contribution in [0.25, 0.3) is 0 Å². The van der Waals surface area contributed by atoms with Gasteiger partial charge in [-0.15, -0.1) is 0 Å². The molecule has 0 aromatic carbocycles. The average molecular weight is 211 g/mol. The van der Waals surface area contributed by atoms with E-state index < -0.39 is 0 Å². The molecule has 1 aromatic rings. The number of nitrogens with one attached hydrogen (secondary N) is 1. The van der Waals surface area contributed by atoms with Crippen LogP contribution in [0.15, 0.2) is 18.5 Å². The maximum atomic E-state index is 13.5. The predicted molar refractivity (Wildman–Crippen MR) is 53.2 cm³/mol. The number of halogens is 1. The lowest BCUT2D eigenvalue weighted by molar-refractivity contribution is 0.176. The third-order valence-corrected chi connectivity index (χ3v) is 2.75. The van der Waals surface area contributed by atoms with E-state index in [4.69, 9.17) is 10.6 Å². The Morgan fingerprint density at radius 3 is 3.13 bits per heavy atom. The minimum Gasteiger partial charge on any atom is -0.381 e. The second kappa shape index (κ2) is 4.65. The molecule has 2 atom stereocenters. The molecule has 2 unspecified atom stereocenters.